The van der Waals surface area contributed by atoms with E-state index in [2.05, 4.69) is 12.1 Å². The Morgan fingerprint density at radius 2 is 1.48 bits per heavy atom. The molecular weight excluding hydrogens is 310 g/mol. The summed E-state index contributed by atoms with van der Waals surface area (Å²) < 4.78 is 5.67. The van der Waals surface area contributed by atoms with Crippen LogP contribution in [0.25, 0.3) is 0 Å². The number of hydrogen-bond acceptors (Lipinski definition) is 2. The maximum Gasteiger partial charge on any atom is 0.223 e. The lowest BCUT2D eigenvalue weighted by molar-refractivity contribution is -0.132. The summed E-state index contributed by atoms with van der Waals surface area (Å²) in [7, 11) is 0. The fourth-order valence-electron chi connectivity index (χ4n) is 2.85. The smallest absolute Gasteiger partial charge is 0.223 e. The summed E-state index contributed by atoms with van der Waals surface area (Å²) in [5.41, 5.74) is 2.31. The summed E-state index contributed by atoms with van der Waals surface area (Å²) in [4.78, 5) is 14.7. The Hall–Kier alpha value is -2.81. The summed E-state index contributed by atoms with van der Waals surface area (Å²) >= 11 is 0. The zero-order valence-electron chi connectivity index (χ0n) is 14.5. The van der Waals surface area contributed by atoms with E-state index in [0.717, 1.165) is 23.5 Å². The van der Waals surface area contributed by atoms with Crippen molar-refractivity contribution in [2.45, 2.75) is 32.9 Å². The van der Waals surface area contributed by atoms with E-state index in [1.165, 1.54) is 5.56 Å². The van der Waals surface area contributed by atoms with Crippen molar-refractivity contribution in [3.63, 3.8) is 0 Å². The molecule has 128 valence electrons. The Balaban J connectivity index is 1.69. The molecular formula is C22H23NO2. The third-order valence-corrected chi connectivity index (χ3v) is 4.18. The minimum atomic E-state index is 0.141. The number of aryl methyl sites for hydroxylation is 2. The van der Waals surface area contributed by atoms with Crippen molar-refractivity contribution in [1.82, 2.24) is 4.90 Å². The average molecular weight is 333 g/mol. The quantitative estimate of drug-likeness (QED) is 0.625. The molecule has 0 spiro atoms. The molecule has 0 unspecified atom stereocenters. The van der Waals surface area contributed by atoms with E-state index in [0.29, 0.717) is 19.5 Å². The van der Waals surface area contributed by atoms with Crippen molar-refractivity contribution in [1.29, 1.82) is 0 Å². The molecule has 1 amide bonds. The van der Waals surface area contributed by atoms with Gasteiger partial charge in [0, 0.05) is 13.0 Å². The Kier molecular flexibility index (Phi) is 5.68. The summed E-state index contributed by atoms with van der Waals surface area (Å²) in [6.45, 7) is 3.01. The van der Waals surface area contributed by atoms with Crippen molar-refractivity contribution < 1.29 is 9.21 Å². The Labute approximate surface area is 148 Å². The van der Waals surface area contributed by atoms with E-state index < -0.39 is 0 Å². The lowest BCUT2D eigenvalue weighted by atomic mass is 10.1. The fraction of sp³-hybridized carbons (Fsp3) is 0.227. The molecule has 0 aliphatic heterocycles. The van der Waals surface area contributed by atoms with Gasteiger partial charge < -0.3 is 9.32 Å². The van der Waals surface area contributed by atoms with Crippen LogP contribution in [0.3, 0.4) is 0 Å². The molecule has 3 nitrogen and oxygen atoms in total. The molecule has 0 N–H and O–H groups in total. The number of carbonyl (C=O) groups excluding carboxylic acids is 1. The molecule has 3 rings (SSSR count). The molecule has 0 radical (unpaired) electrons. The third-order valence-electron chi connectivity index (χ3n) is 4.18. The molecule has 3 heteroatoms. The largest absolute Gasteiger partial charge is 0.464 e. The first-order valence-electron chi connectivity index (χ1n) is 8.61. The number of hydrogen-bond donors (Lipinski definition) is 0. The van der Waals surface area contributed by atoms with Gasteiger partial charge in [-0.1, -0.05) is 60.7 Å². The van der Waals surface area contributed by atoms with Gasteiger partial charge in [0.05, 0.1) is 6.54 Å². The van der Waals surface area contributed by atoms with Crippen LogP contribution in [0.15, 0.2) is 77.2 Å². The Morgan fingerprint density at radius 1 is 0.840 bits per heavy atom. The molecule has 0 aliphatic carbocycles. The maximum atomic E-state index is 12.8. The molecule has 0 saturated carbocycles. The van der Waals surface area contributed by atoms with Crippen molar-refractivity contribution in [3.8, 4) is 0 Å². The number of furan rings is 1. The number of nitrogens with zero attached hydrogens (tertiary/aromatic N) is 1. The molecule has 3 aromatic rings. The van der Waals surface area contributed by atoms with Gasteiger partial charge in [0.15, 0.2) is 0 Å². The van der Waals surface area contributed by atoms with Crippen LogP contribution in [-0.2, 0) is 24.3 Å². The predicted molar refractivity (Wildman–Crippen MR) is 98.9 cm³/mol. The summed E-state index contributed by atoms with van der Waals surface area (Å²) in [5.74, 6) is 1.83. The van der Waals surface area contributed by atoms with Gasteiger partial charge in [0.1, 0.15) is 11.5 Å². The second kappa shape index (κ2) is 8.34. The zero-order valence-corrected chi connectivity index (χ0v) is 14.5. The van der Waals surface area contributed by atoms with Crippen LogP contribution < -0.4 is 0 Å². The second-order valence-corrected chi connectivity index (χ2v) is 6.23. The van der Waals surface area contributed by atoms with Crippen LogP contribution in [0.1, 0.15) is 29.1 Å². The average Bonchev–Trinajstić information content (AvgIpc) is 3.06. The normalized spacial score (nSPS) is 10.6. The van der Waals surface area contributed by atoms with Crippen LogP contribution in [-0.4, -0.2) is 10.8 Å². The Morgan fingerprint density at radius 3 is 2.08 bits per heavy atom. The van der Waals surface area contributed by atoms with Gasteiger partial charge in [0.25, 0.3) is 0 Å². The minimum Gasteiger partial charge on any atom is -0.464 e. The van der Waals surface area contributed by atoms with E-state index in [1.807, 2.05) is 72.5 Å². The topological polar surface area (TPSA) is 33.5 Å². The first-order chi connectivity index (χ1) is 12.2. The fourth-order valence-corrected chi connectivity index (χ4v) is 2.85. The highest BCUT2D eigenvalue weighted by atomic mass is 16.3. The van der Waals surface area contributed by atoms with Crippen molar-refractivity contribution in [2.24, 2.45) is 0 Å². The van der Waals surface area contributed by atoms with Crippen molar-refractivity contribution in [3.05, 3.63) is 95.4 Å². The number of amides is 1. The highest BCUT2D eigenvalue weighted by Crippen LogP contribution is 2.15. The molecule has 1 heterocycles. The van der Waals surface area contributed by atoms with E-state index in [4.69, 9.17) is 4.42 Å². The lowest BCUT2D eigenvalue weighted by Crippen LogP contribution is -2.30. The number of benzene rings is 2. The maximum absolute atomic E-state index is 12.8. The van der Waals surface area contributed by atoms with Crippen molar-refractivity contribution >= 4 is 5.91 Å². The van der Waals surface area contributed by atoms with E-state index in [9.17, 15) is 4.79 Å². The van der Waals surface area contributed by atoms with Crippen molar-refractivity contribution in [2.75, 3.05) is 0 Å². The second-order valence-electron chi connectivity index (χ2n) is 6.23. The summed E-state index contributed by atoms with van der Waals surface area (Å²) in [6, 6.07) is 24.1. The van der Waals surface area contributed by atoms with Crippen LogP contribution in [0, 0.1) is 6.92 Å². The molecule has 0 fully saturated rings. The Bertz CT molecular complexity index is 793. The first kappa shape index (κ1) is 17.0. The standard InChI is InChI=1S/C22H23NO2/c1-18-12-14-21(25-18)17-23(16-20-10-6-3-7-11-20)22(24)15-13-19-8-4-2-5-9-19/h2-12,14H,13,15-17H2,1H3. The summed E-state index contributed by atoms with van der Waals surface area (Å²) in [5, 5.41) is 0. The first-order valence-corrected chi connectivity index (χ1v) is 8.61. The molecule has 25 heavy (non-hydrogen) atoms. The van der Waals surface area contributed by atoms with E-state index >= 15 is 0 Å². The van der Waals surface area contributed by atoms with E-state index in [-0.39, 0.29) is 5.91 Å². The van der Waals surface area contributed by atoms with Gasteiger partial charge in [-0.25, -0.2) is 0 Å². The zero-order chi connectivity index (χ0) is 17.5. The minimum absolute atomic E-state index is 0.141. The molecule has 1 aromatic heterocycles. The molecule has 2 aromatic carbocycles. The van der Waals surface area contributed by atoms with Crippen LogP contribution >= 0.6 is 0 Å². The molecule has 0 bridgehead atoms. The SMILES string of the molecule is Cc1ccc(CN(Cc2ccccc2)C(=O)CCc2ccccc2)o1. The van der Waals surface area contributed by atoms with Crippen LogP contribution in [0.4, 0.5) is 0 Å². The third kappa shape index (κ3) is 5.08. The lowest BCUT2D eigenvalue weighted by Gasteiger charge is -2.22. The number of carbonyl (C=O) groups is 1. The molecule has 0 atom stereocenters. The van der Waals surface area contributed by atoms with E-state index in [1.54, 1.807) is 0 Å². The highest BCUT2D eigenvalue weighted by Gasteiger charge is 2.16. The van der Waals surface area contributed by atoms with Gasteiger partial charge in [0.2, 0.25) is 5.91 Å². The van der Waals surface area contributed by atoms with Gasteiger partial charge in [-0.2, -0.15) is 0 Å². The predicted octanol–water partition coefficient (Wildman–Crippen LogP) is 4.75. The van der Waals surface area contributed by atoms with Gasteiger partial charge in [-0.15, -0.1) is 0 Å². The highest BCUT2D eigenvalue weighted by molar-refractivity contribution is 5.76. The monoisotopic (exact) mass is 333 g/mol. The number of rotatable bonds is 7. The van der Waals surface area contributed by atoms with Gasteiger partial charge in [-0.05, 0) is 36.6 Å². The summed E-state index contributed by atoms with van der Waals surface area (Å²) in [6.07, 6.45) is 1.25. The molecule has 0 saturated heterocycles. The van der Waals surface area contributed by atoms with Gasteiger partial charge in [-0.3, -0.25) is 4.79 Å². The molecule has 0 aliphatic rings. The van der Waals surface area contributed by atoms with Gasteiger partial charge >= 0.3 is 0 Å². The van der Waals surface area contributed by atoms with Crippen LogP contribution in [0.2, 0.25) is 0 Å². The van der Waals surface area contributed by atoms with Crippen LogP contribution in [0.5, 0.6) is 0 Å².